The molecule has 1 aromatic heterocycles. The summed E-state index contributed by atoms with van der Waals surface area (Å²) >= 11 is 0. The summed E-state index contributed by atoms with van der Waals surface area (Å²) in [5.74, 6) is -0.325. The lowest BCUT2D eigenvalue weighted by Crippen LogP contribution is -2.27. The number of aryl methyl sites for hydroxylation is 1. The number of likely N-dealkylation sites (N-methyl/N-ethyl adjacent to an activating group) is 1. The predicted molar refractivity (Wildman–Crippen MR) is 79.7 cm³/mol. The SMILES string of the molecule is COC(=O)c1cccc(-n2nc(C)c3c2CCN(C)C3)c1. The van der Waals surface area contributed by atoms with Crippen LogP contribution in [0, 0.1) is 6.92 Å². The standard InChI is InChI=1S/C16H19N3O2/c1-11-14-10-18(2)8-7-15(14)19(17-11)13-6-4-5-12(9-13)16(20)21-3/h4-6,9H,7-8,10H2,1-3H3. The van der Waals surface area contributed by atoms with Crippen LogP contribution in [-0.2, 0) is 17.7 Å². The number of methoxy groups -OCH3 is 1. The van der Waals surface area contributed by atoms with Crippen LogP contribution < -0.4 is 0 Å². The Kier molecular flexibility index (Phi) is 3.51. The molecule has 0 unspecified atom stereocenters. The van der Waals surface area contributed by atoms with Crippen molar-refractivity contribution in [3.63, 3.8) is 0 Å². The van der Waals surface area contributed by atoms with Gasteiger partial charge in [0.25, 0.3) is 0 Å². The molecule has 0 atom stereocenters. The highest BCUT2D eigenvalue weighted by Crippen LogP contribution is 2.24. The number of nitrogens with zero attached hydrogens (tertiary/aromatic N) is 3. The fraction of sp³-hybridized carbons (Fsp3) is 0.375. The third-order valence-electron chi connectivity index (χ3n) is 3.96. The molecule has 21 heavy (non-hydrogen) atoms. The van der Waals surface area contributed by atoms with Gasteiger partial charge >= 0.3 is 5.97 Å². The molecule has 110 valence electrons. The van der Waals surface area contributed by atoms with Crippen molar-refractivity contribution in [1.29, 1.82) is 0 Å². The zero-order valence-corrected chi connectivity index (χ0v) is 12.6. The van der Waals surface area contributed by atoms with Crippen molar-refractivity contribution in [3.8, 4) is 5.69 Å². The highest BCUT2D eigenvalue weighted by atomic mass is 16.5. The lowest BCUT2D eigenvalue weighted by Gasteiger charge is -2.23. The minimum absolute atomic E-state index is 0.325. The first kappa shape index (κ1) is 13.8. The van der Waals surface area contributed by atoms with Crippen LogP contribution in [0.25, 0.3) is 5.69 Å². The summed E-state index contributed by atoms with van der Waals surface area (Å²) in [6, 6.07) is 7.42. The van der Waals surface area contributed by atoms with Crippen LogP contribution in [0.2, 0.25) is 0 Å². The number of fused-ring (bicyclic) bond motifs is 1. The normalized spacial score (nSPS) is 14.8. The van der Waals surface area contributed by atoms with Gasteiger partial charge in [0.2, 0.25) is 0 Å². The third-order valence-corrected chi connectivity index (χ3v) is 3.96. The summed E-state index contributed by atoms with van der Waals surface area (Å²) in [4.78, 5) is 14.0. The first-order valence-corrected chi connectivity index (χ1v) is 7.05. The first-order chi connectivity index (χ1) is 10.1. The molecule has 2 heterocycles. The fourth-order valence-electron chi connectivity index (χ4n) is 2.81. The molecular formula is C16H19N3O2. The van der Waals surface area contributed by atoms with Gasteiger partial charge in [0, 0.05) is 25.1 Å². The lowest BCUT2D eigenvalue weighted by atomic mass is 10.1. The third kappa shape index (κ3) is 2.45. The molecule has 3 rings (SSSR count). The van der Waals surface area contributed by atoms with E-state index < -0.39 is 0 Å². The number of hydrogen-bond acceptors (Lipinski definition) is 4. The van der Waals surface area contributed by atoms with Crippen molar-refractivity contribution in [3.05, 3.63) is 46.8 Å². The maximum atomic E-state index is 11.7. The topological polar surface area (TPSA) is 47.4 Å². The van der Waals surface area contributed by atoms with Gasteiger partial charge in [-0.05, 0) is 32.2 Å². The summed E-state index contributed by atoms with van der Waals surface area (Å²) < 4.78 is 6.75. The van der Waals surface area contributed by atoms with Crippen LogP contribution in [0.15, 0.2) is 24.3 Å². The monoisotopic (exact) mass is 285 g/mol. The molecule has 5 heteroatoms. The van der Waals surface area contributed by atoms with Gasteiger partial charge in [-0.1, -0.05) is 6.07 Å². The Labute approximate surface area is 124 Å². The van der Waals surface area contributed by atoms with Gasteiger partial charge in [0.05, 0.1) is 29.7 Å². The predicted octanol–water partition coefficient (Wildman–Crippen LogP) is 1.96. The number of benzene rings is 1. The molecule has 0 spiro atoms. The summed E-state index contributed by atoms with van der Waals surface area (Å²) in [5, 5.41) is 4.66. The second-order valence-corrected chi connectivity index (χ2v) is 5.45. The van der Waals surface area contributed by atoms with Crippen LogP contribution in [-0.4, -0.2) is 41.4 Å². The van der Waals surface area contributed by atoms with Crippen molar-refractivity contribution >= 4 is 5.97 Å². The maximum absolute atomic E-state index is 11.7. The first-order valence-electron chi connectivity index (χ1n) is 7.05. The van der Waals surface area contributed by atoms with Crippen molar-refractivity contribution < 1.29 is 9.53 Å². The van der Waals surface area contributed by atoms with E-state index in [1.807, 2.05) is 29.8 Å². The zero-order chi connectivity index (χ0) is 15.0. The van der Waals surface area contributed by atoms with Crippen molar-refractivity contribution in [2.45, 2.75) is 19.9 Å². The summed E-state index contributed by atoms with van der Waals surface area (Å²) in [5.41, 5.74) is 5.05. The Morgan fingerprint density at radius 1 is 1.38 bits per heavy atom. The average molecular weight is 285 g/mol. The summed E-state index contributed by atoms with van der Waals surface area (Å²) in [6.07, 6.45) is 0.967. The molecule has 0 saturated heterocycles. The second-order valence-electron chi connectivity index (χ2n) is 5.45. The number of hydrogen-bond donors (Lipinski definition) is 0. The van der Waals surface area contributed by atoms with Crippen molar-refractivity contribution in [1.82, 2.24) is 14.7 Å². The van der Waals surface area contributed by atoms with Crippen molar-refractivity contribution in [2.24, 2.45) is 0 Å². The maximum Gasteiger partial charge on any atom is 0.337 e. The Balaban J connectivity index is 2.06. The van der Waals surface area contributed by atoms with Crippen LogP contribution >= 0.6 is 0 Å². The van der Waals surface area contributed by atoms with Gasteiger partial charge in [-0.25, -0.2) is 9.48 Å². The number of carbonyl (C=O) groups is 1. The Bertz CT molecular complexity index is 691. The minimum atomic E-state index is -0.325. The van der Waals surface area contributed by atoms with Crippen LogP contribution in [0.4, 0.5) is 0 Å². The van der Waals surface area contributed by atoms with Gasteiger partial charge < -0.3 is 9.64 Å². The highest BCUT2D eigenvalue weighted by Gasteiger charge is 2.22. The Morgan fingerprint density at radius 2 is 2.19 bits per heavy atom. The molecule has 0 radical (unpaired) electrons. The van der Waals surface area contributed by atoms with Gasteiger partial charge in [0.15, 0.2) is 0 Å². The molecule has 0 N–H and O–H groups in total. The second kappa shape index (κ2) is 5.33. The van der Waals surface area contributed by atoms with E-state index in [1.54, 1.807) is 6.07 Å². The van der Waals surface area contributed by atoms with Gasteiger partial charge in [-0.2, -0.15) is 5.10 Å². The molecule has 1 aliphatic heterocycles. The Hall–Kier alpha value is -2.14. The van der Waals surface area contributed by atoms with E-state index in [0.29, 0.717) is 5.56 Å². The van der Waals surface area contributed by atoms with E-state index in [-0.39, 0.29) is 5.97 Å². The van der Waals surface area contributed by atoms with E-state index >= 15 is 0 Å². The molecule has 0 fully saturated rings. The largest absolute Gasteiger partial charge is 0.465 e. The Morgan fingerprint density at radius 3 is 2.95 bits per heavy atom. The number of esters is 1. The number of carbonyl (C=O) groups excluding carboxylic acids is 1. The fourth-order valence-corrected chi connectivity index (χ4v) is 2.81. The van der Waals surface area contributed by atoms with E-state index in [0.717, 1.165) is 30.9 Å². The molecule has 1 aliphatic rings. The minimum Gasteiger partial charge on any atom is -0.465 e. The highest BCUT2D eigenvalue weighted by molar-refractivity contribution is 5.89. The number of rotatable bonds is 2. The molecule has 0 amide bonds. The molecule has 1 aromatic carbocycles. The van der Waals surface area contributed by atoms with Gasteiger partial charge in [-0.15, -0.1) is 0 Å². The summed E-state index contributed by atoms with van der Waals surface area (Å²) in [6.45, 7) is 3.99. The van der Waals surface area contributed by atoms with E-state index in [9.17, 15) is 4.79 Å². The van der Waals surface area contributed by atoms with Crippen LogP contribution in [0.3, 0.4) is 0 Å². The molecule has 0 aliphatic carbocycles. The van der Waals surface area contributed by atoms with Gasteiger partial charge in [-0.3, -0.25) is 0 Å². The average Bonchev–Trinajstić information content (AvgIpc) is 2.83. The summed E-state index contributed by atoms with van der Waals surface area (Å²) in [7, 11) is 3.52. The van der Waals surface area contributed by atoms with E-state index in [1.165, 1.54) is 18.4 Å². The quantitative estimate of drug-likeness (QED) is 0.791. The molecule has 5 nitrogen and oxygen atoms in total. The van der Waals surface area contributed by atoms with E-state index in [2.05, 4.69) is 17.0 Å². The molecule has 0 saturated carbocycles. The lowest BCUT2D eigenvalue weighted by molar-refractivity contribution is 0.0600. The van der Waals surface area contributed by atoms with E-state index in [4.69, 9.17) is 4.74 Å². The van der Waals surface area contributed by atoms with Crippen LogP contribution in [0.5, 0.6) is 0 Å². The number of ether oxygens (including phenoxy) is 1. The van der Waals surface area contributed by atoms with Crippen molar-refractivity contribution in [2.75, 3.05) is 20.7 Å². The molecule has 2 aromatic rings. The zero-order valence-electron chi connectivity index (χ0n) is 12.6. The smallest absolute Gasteiger partial charge is 0.337 e. The number of aromatic nitrogens is 2. The molecule has 0 bridgehead atoms. The molecular weight excluding hydrogens is 266 g/mol. The van der Waals surface area contributed by atoms with Crippen LogP contribution in [0.1, 0.15) is 27.3 Å². The van der Waals surface area contributed by atoms with Gasteiger partial charge in [0.1, 0.15) is 0 Å².